The molecular weight excluding hydrogens is 408 g/mol. The fraction of sp³-hybridized carbons (Fsp3) is 0.409. The van der Waals surface area contributed by atoms with Gasteiger partial charge in [-0.1, -0.05) is 18.2 Å². The number of aliphatic hydroxyl groups excluding tert-OH is 4. The maximum atomic E-state index is 12.8. The molecule has 9 nitrogen and oxygen atoms in total. The van der Waals surface area contributed by atoms with E-state index in [4.69, 9.17) is 14.2 Å². The fourth-order valence-corrected chi connectivity index (χ4v) is 3.36. The Morgan fingerprint density at radius 2 is 1.74 bits per heavy atom. The highest BCUT2D eigenvalue weighted by Gasteiger charge is 2.45. The highest BCUT2D eigenvalue weighted by atomic mass is 16.7. The molecule has 0 amide bonds. The minimum absolute atomic E-state index is 0.0518. The number of phenols is 1. The van der Waals surface area contributed by atoms with Crippen LogP contribution in [-0.4, -0.2) is 75.7 Å². The number of aryl methyl sites for hydroxylation is 1. The van der Waals surface area contributed by atoms with E-state index in [1.165, 1.54) is 18.2 Å². The van der Waals surface area contributed by atoms with Crippen molar-refractivity contribution in [2.45, 2.75) is 43.5 Å². The molecule has 0 aliphatic carbocycles. The topological polar surface area (TPSA) is 146 Å². The zero-order valence-corrected chi connectivity index (χ0v) is 16.9. The minimum Gasteiger partial charge on any atom is -0.507 e. The van der Waals surface area contributed by atoms with E-state index in [9.17, 15) is 30.3 Å². The van der Waals surface area contributed by atoms with Crippen LogP contribution in [0.3, 0.4) is 0 Å². The highest BCUT2D eigenvalue weighted by molar-refractivity contribution is 6.01. The SMILES string of the molecule is COc1ccc(CCC(=O)c2c(O)cccc2O[C@@H]2O[C@H](CO)[C@H](O)[C@H](O)[C@H]2O)cc1. The molecular formula is C22H26O9. The van der Waals surface area contributed by atoms with E-state index in [0.717, 1.165) is 5.56 Å². The molecule has 0 radical (unpaired) electrons. The van der Waals surface area contributed by atoms with Gasteiger partial charge in [-0.3, -0.25) is 4.79 Å². The van der Waals surface area contributed by atoms with Gasteiger partial charge in [0, 0.05) is 6.42 Å². The Labute approximate surface area is 179 Å². The van der Waals surface area contributed by atoms with Crippen molar-refractivity contribution in [2.24, 2.45) is 0 Å². The molecule has 1 aliphatic heterocycles. The summed E-state index contributed by atoms with van der Waals surface area (Å²) in [7, 11) is 1.56. The molecule has 5 N–H and O–H groups in total. The lowest BCUT2D eigenvalue weighted by Crippen LogP contribution is -2.60. The molecule has 31 heavy (non-hydrogen) atoms. The van der Waals surface area contributed by atoms with E-state index in [0.29, 0.717) is 12.2 Å². The van der Waals surface area contributed by atoms with Gasteiger partial charge in [-0.15, -0.1) is 0 Å². The second-order valence-corrected chi connectivity index (χ2v) is 7.24. The number of hydrogen-bond donors (Lipinski definition) is 5. The van der Waals surface area contributed by atoms with Gasteiger partial charge in [0.2, 0.25) is 6.29 Å². The summed E-state index contributed by atoms with van der Waals surface area (Å²) in [5.41, 5.74) is 0.814. The van der Waals surface area contributed by atoms with Gasteiger partial charge < -0.3 is 39.7 Å². The van der Waals surface area contributed by atoms with Gasteiger partial charge in [0.25, 0.3) is 0 Å². The van der Waals surface area contributed by atoms with E-state index < -0.39 is 43.1 Å². The Morgan fingerprint density at radius 3 is 2.39 bits per heavy atom. The summed E-state index contributed by atoms with van der Waals surface area (Å²) in [5.74, 6) is -0.0506. The van der Waals surface area contributed by atoms with E-state index in [1.807, 2.05) is 12.1 Å². The summed E-state index contributed by atoms with van der Waals surface area (Å²) in [6, 6.07) is 11.4. The van der Waals surface area contributed by atoms with Crippen LogP contribution in [0.15, 0.2) is 42.5 Å². The number of ketones is 1. The predicted molar refractivity (Wildman–Crippen MR) is 108 cm³/mol. The molecule has 1 heterocycles. The van der Waals surface area contributed by atoms with Crippen molar-refractivity contribution in [3.63, 3.8) is 0 Å². The molecule has 1 aliphatic rings. The van der Waals surface area contributed by atoms with Crippen molar-refractivity contribution >= 4 is 5.78 Å². The van der Waals surface area contributed by atoms with Crippen molar-refractivity contribution in [3.8, 4) is 17.2 Å². The Morgan fingerprint density at radius 1 is 1.03 bits per heavy atom. The number of hydrogen-bond acceptors (Lipinski definition) is 9. The van der Waals surface area contributed by atoms with Crippen molar-refractivity contribution in [1.29, 1.82) is 0 Å². The van der Waals surface area contributed by atoms with E-state index >= 15 is 0 Å². The van der Waals surface area contributed by atoms with Gasteiger partial charge in [-0.25, -0.2) is 0 Å². The number of carbonyl (C=O) groups excluding carboxylic acids is 1. The number of Topliss-reactive ketones (excluding diaryl/α,β-unsaturated/α-hetero) is 1. The van der Waals surface area contributed by atoms with Gasteiger partial charge >= 0.3 is 0 Å². The number of phenolic OH excluding ortho intramolecular Hbond substituents is 1. The van der Waals surface area contributed by atoms with Crippen LogP contribution < -0.4 is 9.47 Å². The molecule has 1 fully saturated rings. The lowest BCUT2D eigenvalue weighted by atomic mass is 9.99. The van der Waals surface area contributed by atoms with Crippen LogP contribution in [0.5, 0.6) is 17.2 Å². The average molecular weight is 434 g/mol. The lowest BCUT2D eigenvalue weighted by Gasteiger charge is -2.39. The van der Waals surface area contributed by atoms with Crippen molar-refractivity contribution < 1.29 is 44.5 Å². The third-order valence-electron chi connectivity index (χ3n) is 5.17. The summed E-state index contributed by atoms with van der Waals surface area (Å²) >= 11 is 0. The smallest absolute Gasteiger partial charge is 0.229 e. The zero-order valence-electron chi connectivity index (χ0n) is 16.9. The fourth-order valence-electron chi connectivity index (χ4n) is 3.36. The second-order valence-electron chi connectivity index (χ2n) is 7.24. The maximum absolute atomic E-state index is 12.8. The van der Waals surface area contributed by atoms with Crippen LogP contribution in [0.1, 0.15) is 22.3 Å². The summed E-state index contributed by atoms with van der Waals surface area (Å²) in [6.45, 7) is -0.613. The van der Waals surface area contributed by atoms with Crippen LogP contribution in [0, 0.1) is 0 Å². The van der Waals surface area contributed by atoms with Gasteiger partial charge in [0.15, 0.2) is 5.78 Å². The quantitative estimate of drug-likeness (QED) is 0.373. The van der Waals surface area contributed by atoms with E-state index in [2.05, 4.69) is 0 Å². The summed E-state index contributed by atoms with van der Waals surface area (Å²) < 4.78 is 16.0. The third-order valence-corrected chi connectivity index (χ3v) is 5.17. The van der Waals surface area contributed by atoms with Crippen LogP contribution in [-0.2, 0) is 11.2 Å². The van der Waals surface area contributed by atoms with Gasteiger partial charge in [-0.05, 0) is 36.2 Å². The summed E-state index contributed by atoms with van der Waals surface area (Å²) in [6.07, 6.45) is -6.93. The van der Waals surface area contributed by atoms with Crippen LogP contribution >= 0.6 is 0 Å². The molecule has 0 saturated carbocycles. The van der Waals surface area contributed by atoms with Crippen LogP contribution in [0.4, 0.5) is 0 Å². The molecule has 2 aromatic rings. The molecule has 5 atom stereocenters. The molecule has 1 saturated heterocycles. The Balaban J connectivity index is 1.75. The molecule has 0 unspecified atom stereocenters. The molecule has 0 spiro atoms. The normalized spacial score (nSPS) is 25.8. The van der Waals surface area contributed by atoms with Gasteiger partial charge in [-0.2, -0.15) is 0 Å². The van der Waals surface area contributed by atoms with Crippen LogP contribution in [0.2, 0.25) is 0 Å². The first kappa shape index (κ1) is 23.0. The van der Waals surface area contributed by atoms with Gasteiger partial charge in [0.05, 0.1) is 13.7 Å². The average Bonchev–Trinajstić information content (AvgIpc) is 2.78. The number of benzene rings is 2. The highest BCUT2D eigenvalue weighted by Crippen LogP contribution is 2.32. The number of rotatable bonds is 8. The lowest BCUT2D eigenvalue weighted by molar-refractivity contribution is -0.277. The predicted octanol–water partition coefficient (Wildman–Crippen LogP) is 0.395. The third kappa shape index (κ3) is 5.15. The van der Waals surface area contributed by atoms with Crippen molar-refractivity contribution in [2.75, 3.05) is 13.7 Å². The van der Waals surface area contributed by atoms with Crippen LogP contribution in [0.25, 0.3) is 0 Å². The molecule has 2 aromatic carbocycles. The van der Waals surface area contributed by atoms with E-state index in [1.54, 1.807) is 19.2 Å². The Kier molecular flexibility index (Phi) is 7.47. The molecule has 168 valence electrons. The second kappa shape index (κ2) is 10.1. The standard InChI is InChI=1S/C22H26O9/c1-29-13-8-5-12(6-9-13)7-10-15(25)18-14(24)3-2-4-16(18)30-22-21(28)20(27)19(26)17(11-23)31-22/h2-6,8-9,17,19-24,26-28H,7,10-11H2,1H3/t17-,19+,20+,21-,22-/m1/s1. The maximum Gasteiger partial charge on any atom is 0.229 e. The molecule has 0 aromatic heterocycles. The first-order chi connectivity index (χ1) is 14.8. The zero-order chi connectivity index (χ0) is 22.5. The largest absolute Gasteiger partial charge is 0.507 e. The number of aliphatic hydroxyl groups is 4. The van der Waals surface area contributed by atoms with Crippen molar-refractivity contribution in [1.82, 2.24) is 0 Å². The molecule has 9 heteroatoms. The van der Waals surface area contributed by atoms with Crippen molar-refractivity contribution in [3.05, 3.63) is 53.6 Å². The minimum atomic E-state index is -1.64. The summed E-state index contributed by atoms with van der Waals surface area (Å²) in [4.78, 5) is 12.8. The number of carbonyl (C=O) groups is 1. The van der Waals surface area contributed by atoms with E-state index in [-0.39, 0.29) is 23.5 Å². The first-order valence-electron chi connectivity index (χ1n) is 9.81. The number of aromatic hydroxyl groups is 1. The number of ether oxygens (including phenoxy) is 3. The molecule has 0 bridgehead atoms. The summed E-state index contributed by atoms with van der Waals surface area (Å²) in [5, 5.41) is 49.6. The first-order valence-corrected chi connectivity index (χ1v) is 9.81. The monoisotopic (exact) mass is 434 g/mol. The Hall–Kier alpha value is -2.69. The Bertz CT molecular complexity index is 881. The number of methoxy groups -OCH3 is 1. The van der Waals surface area contributed by atoms with Gasteiger partial charge in [0.1, 0.15) is 47.2 Å². The molecule has 3 rings (SSSR count).